The zero-order chi connectivity index (χ0) is 8.97. The lowest BCUT2D eigenvalue weighted by molar-refractivity contribution is 0.221. The first-order chi connectivity index (χ1) is 5.79. The van der Waals surface area contributed by atoms with Gasteiger partial charge in [0.05, 0.1) is 0 Å². The van der Waals surface area contributed by atoms with Crippen molar-refractivity contribution in [2.45, 2.75) is 64.5 Å². The van der Waals surface area contributed by atoms with E-state index < -0.39 is 0 Å². The van der Waals surface area contributed by atoms with Gasteiger partial charge in [0.1, 0.15) is 0 Å². The van der Waals surface area contributed by atoms with Crippen LogP contribution in [0.15, 0.2) is 0 Å². The Labute approximate surface area is 77.1 Å². The van der Waals surface area contributed by atoms with Crippen molar-refractivity contribution in [3.05, 3.63) is 0 Å². The molecule has 1 rings (SSSR count). The maximum absolute atomic E-state index is 2.62. The number of nitrogens with zero attached hydrogens (tertiary/aromatic N) is 1. The van der Waals surface area contributed by atoms with Crippen molar-refractivity contribution in [2.75, 3.05) is 7.05 Å². The molecule has 0 aromatic rings. The molecule has 0 aromatic heterocycles. The highest BCUT2D eigenvalue weighted by atomic mass is 15.2. The summed E-state index contributed by atoms with van der Waals surface area (Å²) in [5, 5.41) is 0. The Morgan fingerprint density at radius 2 is 1.42 bits per heavy atom. The van der Waals surface area contributed by atoms with E-state index in [1.165, 1.54) is 38.5 Å². The molecular formula is C11H23N. The summed E-state index contributed by atoms with van der Waals surface area (Å²) in [5.41, 5.74) is 0. The molecule has 0 amide bonds. The highest BCUT2D eigenvalue weighted by molar-refractivity contribution is 4.84. The maximum Gasteiger partial charge on any atom is 0.00956 e. The van der Waals surface area contributed by atoms with Crippen molar-refractivity contribution in [2.24, 2.45) is 0 Å². The molecule has 2 atom stereocenters. The lowest BCUT2D eigenvalue weighted by Crippen LogP contribution is -2.31. The molecule has 1 fully saturated rings. The molecule has 1 aliphatic heterocycles. The summed E-state index contributed by atoms with van der Waals surface area (Å²) < 4.78 is 0. The molecule has 1 saturated heterocycles. The monoisotopic (exact) mass is 169 g/mol. The fourth-order valence-corrected chi connectivity index (χ4v) is 2.45. The number of likely N-dealkylation sites (tertiary alicyclic amines) is 1. The van der Waals surface area contributed by atoms with Crippen molar-refractivity contribution < 1.29 is 0 Å². The van der Waals surface area contributed by atoms with E-state index in [2.05, 4.69) is 25.8 Å². The van der Waals surface area contributed by atoms with Crippen LogP contribution in [0.4, 0.5) is 0 Å². The molecule has 0 N–H and O–H groups in total. The second kappa shape index (κ2) is 4.86. The van der Waals surface area contributed by atoms with Crippen LogP contribution in [0, 0.1) is 0 Å². The molecule has 0 spiro atoms. The summed E-state index contributed by atoms with van der Waals surface area (Å²) in [7, 11) is 2.31. The molecular weight excluding hydrogens is 146 g/mol. The van der Waals surface area contributed by atoms with Crippen LogP contribution in [0.1, 0.15) is 52.4 Å². The van der Waals surface area contributed by atoms with E-state index in [0.29, 0.717) is 0 Å². The summed E-state index contributed by atoms with van der Waals surface area (Å²) >= 11 is 0. The maximum atomic E-state index is 2.62. The zero-order valence-corrected chi connectivity index (χ0v) is 8.84. The summed E-state index contributed by atoms with van der Waals surface area (Å²) in [5.74, 6) is 0. The van der Waals surface area contributed by atoms with Gasteiger partial charge in [-0.1, -0.05) is 26.7 Å². The first kappa shape index (κ1) is 10.0. The van der Waals surface area contributed by atoms with E-state index in [9.17, 15) is 0 Å². The topological polar surface area (TPSA) is 3.24 Å². The molecule has 1 heteroatoms. The molecule has 72 valence electrons. The molecule has 1 aliphatic rings. The molecule has 0 radical (unpaired) electrons. The van der Waals surface area contributed by atoms with E-state index in [4.69, 9.17) is 0 Å². The van der Waals surface area contributed by atoms with Gasteiger partial charge in [-0.2, -0.15) is 0 Å². The Kier molecular flexibility index (Phi) is 4.07. The van der Waals surface area contributed by atoms with Crippen molar-refractivity contribution >= 4 is 0 Å². The first-order valence-electron chi connectivity index (χ1n) is 5.51. The average molecular weight is 169 g/mol. The van der Waals surface area contributed by atoms with Gasteiger partial charge in [-0.15, -0.1) is 0 Å². The fourth-order valence-electron chi connectivity index (χ4n) is 2.45. The lowest BCUT2D eigenvalue weighted by atomic mass is 10.1. The standard InChI is InChI=1S/C11H23N/c1-4-6-10-8-9-11(7-5-2)12(10)3/h10-11H,4-9H2,1-3H3/t10-,11+. The molecule has 12 heavy (non-hydrogen) atoms. The van der Waals surface area contributed by atoms with Gasteiger partial charge < -0.3 is 4.90 Å². The van der Waals surface area contributed by atoms with Gasteiger partial charge in [0.15, 0.2) is 0 Å². The van der Waals surface area contributed by atoms with E-state index in [-0.39, 0.29) is 0 Å². The van der Waals surface area contributed by atoms with Crippen LogP contribution in [0.25, 0.3) is 0 Å². The molecule has 1 nitrogen and oxygen atoms in total. The van der Waals surface area contributed by atoms with E-state index in [1.807, 2.05) is 0 Å². The second-order valence-electron chi connectivity index (χ2n) is 4.13. The third-order valence-electron chi connectivity index (χ3n) is 3.23. The zero-order valence-electron chi connectivity index (χ0n) is 8.84. The van der Waals surface area contributed by atoms with Gasteiger partial charge >= 0.3 is 0 Å². The predicted octanol–water partition coefficient (Wildman–Crippen LogP) is 3.05. The minimum Gasteiger partial charge on any atom is -0.300 e. The summed E-state index contributed by atoms with van der Waals surface area (Å²) in [6.45, 7) is 4.59. The Hall–Kier alpha value is -0.0400. The molecule has 0 aromatic carbocycles. The Bertz CT molecular complexity index is 108. The Balaban J connectivity index is 2.32. The number of hydrogen-bond donors (Lipinski definition) is 0. The van der Waals surface area contributed by atoms with Crippen LogP contribution in [0.5, 0.6) is 0 Å². The quantitative estimate of drug-likeness (QED) is 0.625. The Morgan fingerprint density at radius 3 is 1.75 bits per heavy atom. The summed E-state index contributed by atoms with van der Waals surface area (Å²) in [6, 6.07) is 1.79. The smallest absolute Gasteiger partial charge is 0.00956 e. The van der Waals surface area contributed by atoms with Crippen LogP contribution >= 0.6 is 0 Å². The SMILES string of the molecule is CCC[C@@H]1CC[C@H](CCC)N1C. The molecule has 0 aliphatic carbocycles. The normalized spacial score (nSPS) is 31.2. The molecule has 0 saturated carbocycles. The minimum atomic E-state index is 0.895. The van der Waals surface area contributed by atoms with Gasteiger partial charge in [0.2, 0.25) is 0 Å². The van der Waals surface area contributed by atoms with Crippen molar-refractivity contribution in [3.63, 3.8) is 0 Å². The third-order valence-corrected chi connectivity index (χ3v) is 3.23. The molecule has 1 heterocycles. The van der Waals surface area contributed by atoms with Gasteiger partial charge in [-0.25, -0.2) is 0 Å². The van der Waals surface area contributed by atoms with Crippen LogP contribution in [-0.2, 0) is 0 Å². The predicted molar refractivity (Wildman–Crippen MR) is 54.4 cm³/mol. The highest BCUT2D eigenvalue weighted by Crippen LogP contribution is 2.27. The van der Waals surface area contributed by atoms with Gasteiger partial charge in [0, 0.05) is 12.1 Å². The van der Waals surface area contributed by atoms with Crippen molar-refractivity contribution in [1.29, 1.82) is 0 Å². The summed E-state index contributed by atoms with van der Waals surface area (Å²) in [4.78, 5) is 2.62. The van der Waals surface area contributed by atoms with Crippen molar-refractivity contribution in [1.82, 2.24) is 4.90 Å². The van der Waals surface area contributed by atoms with Crippen molar-refractivity contribution in [3.8, 4) is 0 Å². The van der Waals surface area contributed by atoms with E-state index >= 15 is 0 Å². The van der Waals surface area contributed by atoms with Gasteiger partial charge in [0.25, 0.3) is 0 Å². The van der Waals surface area contributed by atoms with Gasteiger partial charge in [-0.3, -0.25) is 0 Å². The molecule has 0 unspecified atom stereocenters. The lowest BCUT2D eigenvalue weighted by Gasteiger charge is -2.25. The van der Waals surface area contributed by atoms with Crippen LogP contribution in [-0.4, -0.2) is 24.0 Å². The minimum absolute atomic E-state index is 0.895. The number of rotatable bonds is 4. The van der Waals surface area contributed by atoms with E-state index in [0.717, 1.165) is 12.1 Å². The highest BCUT2D eigenvalue weighted by Gasteiger charge is 2.28. The van der Waals surface area contributed by atoms with Gasteiger partial charge in [-0.05, 0) is 32.7 Å². The van der Waals surface area contributed by atoms with Crippen LogP contribution < -0.4 is 0 Å². The fraction of sp³-hybridized carbons (Fsp3) is 1.00. The first-order valence-corrected chi connectivity index (χ1v) is 5.51. The average Bonchev–Trinajstić information content (AvgIpc) is 2.38. The molecule has 0 bridgehead atoms. The largest absolute Gasteiger partial charge is 0.300 e. The number of hydrogen-bond acceptors (Lipinski definition) is 1. The Morgan fingerprint density at radius 1 is 1.00 bits per heavy atom. The van der Waals surface area contributed by atoms with Crippen LogP contribution in [0.3, 0.4) is 0 Å². The van der Waals surface area contributed by atoms with E-state index in [1.54, 1.807) is 0 Å². The van der Waals surface area contributed by atoms with Crippen LogP contribution in [0.2, 0.25) is 0 Å². The summed E-state index contributed by atoms with van der Waals surface area (Å²) in [6.07, 6.45) is 8.36. The third kappa shape index (κ3) is 2.22. The second-order valence-corrected chi connectivity index (χ2v) is 4.13.